The van der Waals surface area contributed by atoms with E-state index in [9.17, 15) is 5.11 Å². The first-order valence-corrected chi connectivity index (χ1v) is 6.62. The number of nitrogens with zero attached hydrogens (tertiary/aromatic N) is 1. The molecule has 3 atom stereocenters. The normalized spacial score (nSPS) is 27.4. The van der Waals surface area contributed by atoms with E-state index in [4.69, 9.17) is 9.47 Å². The number of ether oxygens (including phenoxy) is 2. The third kappa shape index (κ3) is 4.54. The number of rotatable bonds is 7. The third-order valence-electron chi connectivity index (χ3n) is 3.65. The summed E-state index contributed by atoms with van der Waals surface area (Å²) < 4.78 is 10.4. The monoisotopic (exact) mass is 245 g/mol. The smallest absolute Gasteiger partial charge is 0.0695 e. The number of hydrogen-bond acceptors (Lipinski definition) is 4. The van der Waals surface area contributed by atoms with Crippen molar-refractivity contribution >= 4 is 0 Å². The zero-order chi connectivity index (χ0) is 12.7. The van der Waals surface area contributed by atoms with Crippen LogP contribution in [0.4, 0.5) is 0 Å². The summed E-state index contributed by atoms with van der Waals surface area (Å²) in [5, 5.41) is 10.1. The van der Waals surface area contributed by atoms with Crippen LogP contribution in [0.1, 0.15) is 32.6 Å². The molecule has 1 aliphatic carbocycles. The zero-order valence-electron chi connectivity index (χ0n) is 11.4. The molecule has 0 aromatic rings. The van der Waals surface area contributed by atoms with Gasteiger partial charge in [0.2, 0.25) is 0 Å². The van der Waals surface area contributed by atoms with Crippen molar-refractivity contribution in [2.45, 2.75) is 50.8 Å². The van der Waals surface area contributed by atoms with E-state index in [0.29, 0.717) is 19.3 Å². The highest BCUT2D eigenvalue weighted by Gasteiger charge is 2.31. The van der Waals surface area contributed by atoms with Gasteiger partial charge in [0.1, 0.15) is 0 Å². The molecule has 1 fully saturated rings. The molecule has 0 aliphatic heterocycles. The van der Waals surface area contributed by atoms with Gasteiger partial charge in [-0.2, -0.15) is 0 Å². The van der Waals surface area contributed by atoms with Gasteiger partial charge < -0.3 is 14.6 Å². The number of hydrogen-bond donors (Lipinski definition) is 1. The van der Waals surface area contributed by atoms with E-state index >= 15 is 0 Å². The lowest BCUT2D eigenvalue weighted by Gasteiger charge is -2.40. The number of methoxy groups -OCH3 is 2. The van der Waals surface area contributed by atoms with Crippen LogP contribution in [0.2, 0.25) is 0 Å². The maximum Gasteiger partial charge on any atom is 0.0695 e. The van der Waals surface area contributed by atoms with Gasteiger partial charge in [0, 0.05) is 32.8 Å². The maximum atomic E-state index is 10.1. The SMILES string of the molecule is COCCN(C(C)COC)C1CCCCC1O. The number of aliphatic hydroxyl groups is 1. The summed E-state index contributed by atoms with van der Waals surface area (Å²) in [5.74, 6) is 0. The molecular formula is C13H27NO3. The van der Waals surface area contributed by atoms with E-state index in [1.165, 1.54) is 6.42 Å². The highest BCUT2D eigenvalue weighted by Crippen LogP contribution is 2.24. The molecule has 1 saturated carbocycles. The Morgan fingerprint density at radius 1 is 1.24 bits per heavy atom. The summed E-state index contributed by atoms with van der Waals surface area (Å²) in [5.41, 5.74) is 0. The van der Waals surface area contributed by atoms with Crippen LogP contribution >= 0.6 is 0 Å². The van der Waals surface area contributed by atoms with Crippen LogP contribution < -0.4 is 0 Å². The van der Waals surface area contributed by atoms with Gasteiger partial charge in [-0.05, 0) is 19.8 Å². The molecule has 0 radical (unpaired) electrons. The van der Waals surface area contributed by atoms with Gasteiger partial charge >= 0.3 is 0 Å². The maximum absolute atomic E-state index is 10.1. The molecule has 1 rings (SSSR count). The second-order valence-electron chi connectivity index (χ2n) is 4.95. The number of aliphatic hydroxyl groups excluding tert-OH is 1. The molecule has 4 heteroatoms. The lowest BCUT2D eigenvalue weighted by Crippen LogP contribution is -2.51. The van der Waals surface area contributed by atoms with Gasteiger partial charge in [0.25, 0.3) is 0 Å². The molecule has 4 nitrogen and oxygen atoms in total. The van der Waals surface area contributed by atoms with E-state index in [-0.39, 0.29) is 12.1 Å². The van der Waals surface area contributed by atoms with Crippen molar-refractivity contribution in [2.75, 3.05) is 34.0 Å². The van der Waals surface area contributed by atoms with Crippen LogP contribution in [0.25, 0.3) is 0 Å². The fraction of sp³-hybridized carbons (Fsp3) is 1.00. The first-order valence-electron chi connectivity index (χ1n) is 6.62. The van der Waals surface area contributed by atoms with E-state index in [0.717, 1.165) is 25.8 Å². The minimum atomic E-state index is -0.195. The summed E-state index contributed by atoms with van der Waals surface area (Å²) in [4.78, 5) is 2.34. The molecular weight excluding hydrogens is 218 g/mol. The Balaban J connectivity index is 2.58. The van der Waals surface area contributed by atoms with Crippen molar-refractivity contribution in [1.29, 1.82) is 0 Å². The molecule has 0 aromatic heterocycles. The van der Waals surface area contributed by atoms with Gasteiger partial charge in [0.15, 0.2) is 0 Å². The molecule has 0 aromatic carbocycles. The molecule has 102 valence electrons. The summed E-state index contributed by atoms with van der Waals surface area (Å²) in [6.07, 6.45) is 4.17. The van der Waals surface area contributed by atoms with Crippen molar-refractivity contribution in [2.24, 2.45) is 0 Å². The van der Waals surface area contributed by atoms with Crippen LogP contribution in [-0.2, 0) is 9.47 Å². The Kier molecular flexibility index (Phi) is 7.04. The largest absolute Gasteiger partial charge is 0.391 e. The molecule has 3 unspecified atom stereocenters. The minimum absolute atomic E-state index is 0.195. The Bertz CT molecular complexity index is 201. The average molecular weight is 245 g/mol. The van der Waals surface area contributed by atoms with Gasteiger partial charge in [-0.1, -0.05) is 12.8 Å². The molecule has 0 spiro atoms. The highest BCUT2D eigenvalue weighted by atomic mass is 16.5. The van der Waals surface area contributed by atoms with Crippen LogP contribution in [0.3, 0.4) is 0 Å². The predicted octanol–water partition coefficient (Wildman–Crippen LogP) is 1.27. The topological polar surface area (TPSA) is 41.9 Å². The summed E-state index contributed by atoms with van der Waals surface area (Å²) in [6.45, 7) is 4.42. The van der Waals surface area contributed by atoms with Crippen molar-refractivity contribution in [3.8, 4) is 0 Å². The first-order chi connectivity index (χ1) is 8.20. The van der Waals surface area contributed by atoms with E-state index in [2.05, 4.69) is 11.8 Å². The average Bonchev–Trinajstić information content (AvgIpc) is 2.32. The van der Waals surface area contributed by atoms with E-state index < -0.39 is 0 Å². The molecule has 1 aliphatic rings. The quantitative estimate of drug-likeness (QED) is 0.733. The van der Waals surface area contributed by atoms with Crippen LogP contribution in [0, 0.1) is 0 Å². The zero-order valence-corrected chi connectivity index (χ0v) is 11.4. The minimum Gasteiger partial charge on any atom is -0.391 e. The first kappa shape index (κ1) is 14.9. The van der Waals surface area contributed by atoms with Gasteiger partial charge in [-0.3, -0.25) is 4.90 Å². The van der Waals surface area contributed by atoms with Crippen molar-refractivity contribution in [3.63, 3.8) is 0 Å². The third-order valence-corrected chi connectivity index (χ3v) is 3.65. The van der Waals surface area contributed by atoms with Gasteiger partial charge in [-0.15, -0.1) is 0 Å². The molecule has 0 heterocycles. The Morgan fingerprint density at radius 3 is 2.53 bits per heavy atom. The Labute approximate surface area is 105 Å². The van der Waals surface area contributed by atoms with E-state index in [1.54, 1.807) is 14.2 Å². The second-order valence-corrected chi connectivity index (χ2v) is 4.95. The van der Waals surface area contributed by atoms with Crippen molar-refractivity contribution in [3.05, 3.63) is 0 Å². The molecule has 0 saturated heterocycles. The van der Waals surface area contributed by atoms with E-state index in [1.807, 2.05) is 0 Å². The predicted molar refractivity (Wildman–Crippen MR) is 68.2 cm³/mol. The lowest BCUT2D eigenvalue weighted by atomic mass is 9.90. The summed E-state index contributed by atoms with van der Waals surface area (Å²) in [7, 11) is 3.44. The van der Waals surface area contributed by atoms with Crippen molar-refractivity contribution < 1.29 is 14.6 Å². The Morgan fingerprint density at radius 2 is 1.94 bits per heavy atom. The fourth-order valence-corrected chi connectivity index (χ4v) is 2.73. The summed E-state index contributed by atoms with van der Waals surface area (Å²) in [6, 6.07) is 0.594. The second kappa shape index (κ2) is 8.03. The molecule has 0 amide bonds. The molecule has 1 N–H and O–H groups in total. The standard InChI is InChI=1S/C13H27NO3/c1-11(10-17-3)14(8-9-16-2)12-6-4-5-7-13(12)15/h11-13,15H,4-10H2,1-3H3. The van der Waals surface area contributed by atoms with Crippen LogP contribution in [0.5, 0.6) is 0 Å². The van der Waals surface area contributed by atoms with Gasteiger partial charge in [-0.25, -0.2) is 0 Å². The lowest BCUT2D eigenvalue weighted by molar-refractivity contribution is -0.0250. The van der Waals surface area contributed by atoms with Gasteiger partial charge in [0.05, 0.1) is 19.3 Å². The molecule has 0 bridgehead atoms. The van der Waals surface area contributed by atoms with Crippen LogP contribution in [-0.4, -0.2) is 62.2 Å². The summed E-state index contributed by atoms with van der Waals surface area (Å²) >= 11 is 0. The van der Waals surface area contributed by atoms with Crippen LogP contribution in [0.15, 0.2) is 0 Å². The molecule has 17 heavy (non-hydrogen) atoms. The fourth-order valence-electron chi connectivity index (χ4n) is 2.73. The Hall–Kier alpha value is -0.160. The van der Waals surface area contributed by atoms with Crippen molar-refractivity contribution in [1.82, 2.24) is 4.90 Å². The highest BCUT2D eigenvalue weighted by molar-refractivity contribution is 4.85.